The van der Waals surface area contributed by atoms with Gasteiger partial charge in [0.2, 0.25) is 0 Å². The number of nitrogens with one attached hydrogen (secondary N) is 1. The quantitative estimate of drug-likeness (QED) is 0.920. The number of benzene rings is 1. The van der Waals surface area contributed by atoms with Gasteiger partial charge in [0.1, 0.15) is 11.5 Å². The number of hydrogen-bond donors (Lipinski definition) is 1. The van der Waals surface area contributed by atoms with Crippen LogP contribution < -0.4 is 14.8 Å². The maximum Gasteiger partial charge on any atom is 0.126 e. The fourth-order valence-electron chi connectivity index (χ4n) is 3.40. The Bertz CT molecular complexity index is 473. The molecule has 20 heavy (non-hydrogen) atoms. The van der Waals surface area contributed by atoms with Crippen molar-refractivity contribution in [3.8, 4) is 11.5 Å². The lowest BCUT2D eigenvalue weighted by atomic mass is 9.87. The first-order chi connectivity index (χ1) is 9.72. The van der Waals surface area contributed by atoms with E-state index in [0.717, 1.165) is 51.1 Å². The van der Waals surface area contributed by atoms with Crippen LogP contribution in [0.3, 0.4) is 0 Å². The first kappa shape index (κ1) is 13.7. The van der Waals surface area contributed by atoms with Gasteiger partial charge in [-0.1, -0.05) is 0 Å². The Kier molecular flexibility index (Phi) is 3.88. The van der Waals surface area contributed by atoms with E-state index < -0.39 is 0 Å². The summed E-state index contributed by atoms with van der Waals surface area (Å²) in [6, 6.07) is 0.457. The highest BCUT2D eigenvalue weighted by Crippen LogP contribution is 2.43. The molecule has 0 saturated heterocycles. The molecule has 1 unspecified atom stereocenters. The van der Waals surface area contributed by atoms with Crippen molar-refractivity contribution in [1.82, 2.24) is 5.32 Å². The van der Waals surface area contributed by atoms with Gasteiger partial charge in [0.25, 0.3) is 0 Å². The van der Waals surface area contributed by atoms with Gasteiger partial charge in [-0.15, -0.1) is 0 Å². The molecule has 1 aromatic carbocycles. The average Bonchev–Trinajstić information content (AvgIpc) is 2.51. The largest absolute Gasteiger partial charge is 0.493 e. The Hall–Kier alpha value is -1.22. The summed E-state index contributed by atoms with van der Waals surface area (Å²) >= 11 is 0. The van der Waals surface area contributed by atoms with Crippen molar-refractivity contribution >= 4 is 0 Å². The first-order valence-electron chi connectivity index (χ1n) is 7.82. The Labute approximate surface area is 121 Å². The molecule has 3 nitrogen and oxygen atoms in total. The van der Waals surface area contributed by atoms with Crippen LogP contribution in [0.2, 0.25) is 0 Å². The van der Waals surface area contributed by atoms with Crippen molar-refractivity contribution in [1.29, 1.82) is 0 Å². The smallest absolute Gasteiger partial charge is 0.126 e. The molecular formula is C17H25NO2. The van der Waals surface area contributed by atoms with Crippen LogP contribution in [0.4, 0.5) is 0 Å². The number of rotatable bonds is 3. The summed E-state index contributed by atoms with van der Waals surface area (Å²) in [7, 11) is 2.02. The maximum atomic E-state index is 6.06. The van der Waals surface area contributed by atoms with E-state index in [9.17, 15) is 0 Å². The van der Waals surface area contributed by atoms with Crippen LogP contribution in [0.25, 0.3) is 0 Å². The fourth-order valence-corrected chi connectivity index (χ4v) is 3.40. The van der Waals surface area contributed by atoms with Crippen LogP contribution in [0.15, 0.2) is 0 Å². The lowest BCUT2D eigenvalue weighted by molar-refractivity contribution is 0.266. The average molecular weight is 275 g/mol. The van der Waals surface area contributed by atoms with E-state index >= 15 is 0 Å². The van der Waals surface area contributed by atoms with Gasteiger partial charge in [0.15, 0.2) is 0 Å². The minimum Gasteiger partial charge on any atom is -0.493 e. The number of likely N-dealkylation sites (N-methyl/N-ethyl adjacent to an activating group) is 1. The van der Waals surface area contributed by atoms with Crippen molar-refractivity contribution in [3.05, 3.63) is 22.3 Å². The number of fused-ring (bicyclic) bond motifs is 2. The Morgan fingerprint density at radius 2 is 1.70 bits per heavy atom. The van der Waals surface area contributed by atoms with Crippen LogP contribution in [0.5, 0.6) is 11.5 Å². The van der Waals surface area contributed by atoms with E-state index in [1.54, 1.807) is 0 Å². The summed E-state index contributed by atoms with van der Waals surface area (Å²) < 4.78 is 12.1. The molecule has 2 heterocycles. The number of ether oxygens (including phenoxy) is 2. The van der Waals surface area contributed by atoms with Crippen LogP contribution in [0, 0.1) is 6.92 Å². The summed E-state index contributed by atoms with van der Waals surface area (Å²) in [5.41, 5.74) is 5.49. The molecule has 0 aliphatic carbocycles. The molecule has 2 aliphatic heterocycles. The van der Waals surface area contributed by atoms with Crippen LogP contribution in [-0.2, 0) is 19.3 Å². The van der Waals surface area contributed by atoms with Gasteiger partial charge in [0, 0.05) is 22.7 Å². The monoisotopic (exact) mass is 275 g/mol. The minimum atomic E-state index is 0.457. The van der Waals surface area contributed by atoms with Gasteiger partial charge < -0.3 is 14.8 Å². The molecule has 0 fully saturated rings. The molecule has 3 rings (SSSR count). The van der Waals surface area contributed by atoms with E-state index in [-0.39, 0.29) is 0 Å². The highest BCUT2D eigenvalue weighted by atomic mass is 16.5. The van der Waals surface area contributed by atoms with Crippen molar-refractivity contribution in [2.45, 2.75) is 52.0 Å². The third-order valence-corrected chi connectivity index (χ3v) is 4.62. The van der Waals surface area contributed by atoms with E-state index in [0.29, 0.717) is 6.04 Å². The molecular weight excluding hydrogens is 250 g/mol. The second kappa shape index (κ2) is 5.65. The van der Waals surface area contributed by atoms with Crippen molar-refractivity contribution in [3.63, 3.8) is 0 Å². The molecule has 0 spiro atoms. The Balaban J connectivity index is 2.13. The topological polar surface area (TPSA) is 30.5 Å². The third-order valence-electron chi connectivity index (χ3n) is 4.62. The Morgan fingerprint density at radius 1 is 1.05 bits per heavy atom. The number of hydrogen-bond acceptors (Lipinski definition) is 3. The molecule has 0 bridgehead atoms. The molecule has 1 N–H and O–H groups in total. The summed E-state index contributed by atoms with van der Waals surface area (Å²) in [5, 5.41) is 3.35. The van der Waals surface area contributed by atoms with Gasteiger partial charge in [0.05, 0.1) is 13.2 Å². The van der Waals surface area contributed by atoms with Gasteiger partial charge in [-0.05, 0) is 58.6 Å². The standard InChI is InChI=1S/C17H25NO2/c1-11(18-3)10-15-14-7-5-8-19-16(14)12(2)13-6-4-9-20-17(13)15/h11,18H,4-10H2,1-3H3. The zero-order chi connectivity index (χ0) is 14.1. The second-order valence-electron chi connectivity index (χ2n) is 6.02. The SMILES string of the molecule is CNC(C)Cc1c2c(c(C)c3c1OCCC3)OCCC2. The molecule has 0 saturated carbocycles. The molecule has 2 aliphatic rings. The second-order valence-corrected chi connectivity index (χ2v) is 6.02. The van der Waals surface area contributed by atoms with Crippen LogP contribution in [0.1, 0.15) is 42.0 Å². The van der Waals surface area contributed by atoms with Crippen molar-refractivity contribution in [2.24, 2.45) is 0 Å². The van der Waals surface area contributed by atoms with E-state index in [2.05, 4.69) is 19.2 Å². The predicted octanol–water partition coefficient (Wildman–Crippen LogP) is 2.80. The lowest BCUT2D eigenvalue weighted by Crippen LogP contribution is -2.26. The highest BCUT2D eigenvalue weighted by molar-refractivity contribution is 5.60. The van der Waals surface area contributed by atoms with Crippen molar-refractivity contribution < 1.29 is 9.47 Å². The molecule has 0 radical (unpaired) electrons. The first-order valence-corrected chi connectivity index (χ1v) is 7.82. The Morgan fingerprint density at radius 3 is 2.40 bits per heavy atom. The maximum absolute atomic E-state index is 6.06. The zero-order valence-electron chi connectivity index (χ0n) is 12.8. The predicted molar refractivity (Wildman–Crippen MR) is 81.0 cm³/mol. The lowest BCUT2D eigenvalue weighted by Gasteiger charge is -2.30. The van der Waals surface area contributed by atoms with Crippen LogP contribution >= 0.6 is 0 Å². The van der Waals surface area contributed by atoms with E-state index in [4.69, 9.17) is 9.47 Å². The van der Waals surface area contributed by atoms with Gasteiger partial charge in [-0.2, -0.15) is 0 Å². The molecule has 3 heteroatoms. The fraction of sp³-hybridized carbons (Fsp3) is 0.647. The zero-order valence-corrected chi connectivity index (χ0v) is 12.8. The normalized spacial score (nSPS) is 18.6. The molecule has 1 aromatic rings. The summed E-state index contributed by atoms with van der Waals surface area (Å²) in [6.45, 7) is 6.13. The molecule has 0 amide bonds. The molecule has 1 atom stereocenters. The summed E-state index contributed by atoms with van der Waals surface area (Å²) in [6.07, 6.45) is 5.50. The van der Waals surface area contributed by atoms with Gasteiger partial charge in [-0.25, -0.2) is 0 Å². The summed E-state index contributed by atoms with van der Waals surface area (Å²) in [5.74, 6) is 2.32. The van der Waals surface area contributed by atoms with Crippen LogP contribution in [-0.4, -0.2) is 26.3 Å². The highest BCUT2D eigenvalue weighted by Gasteiger charge is 2.27. The van der Waals surface area contributed by atoms with Gasteiger partial charge in [-0.3, -0.25) is 0 Å². The van der Waals surface area contributed by atoms with E-state index in [1.165, 1.54) is 28.0 Å². The summed E-state index contributed by atoms with van der Waals surface area (Å²) in [4.78, 5) is 0. The van der Waals surface area contributed by atoms with Gasteiger partial charge >= 0.3 is 0 Å². The minimum absolute atomic E-state index is 0.457. The molecule has 0 aromatic heterocycles. The molecule has 110 valence electrons. The van der Waals surface area contributed by atoms with Crippen molar-refractivity contribution in [2.75, 3.05) is 20.3 Å². The van der Waals surface area contributed by atoms with E-state index in [1.807, 2.05) is 7.05 Å². The third kappa shape index (κ3) is 2.28.